The molecule has 55 heavy (non-hydrogen) atoms. The highest BCUT2D eigenvalue weighted by atomic mass is 16.3. The van der Waals surface area contributed by atoms with E-state index in [4.69, 9.17) is 28.2 Å². The first-order valence-corrected chi connectivity index (χ1v) is 18.6. The molecule has 0 unspecified atom stereocenters. The van der Waals surface area contributed by atoms with E-state index < -0.39 is 0 Å². The molecule has 4 heterocycles. The van der Waals surface area contributed by atoms with Crippen LogP contribution < -0.4 is 0 Å². The van der Waals surface area contributed by atoms with Crippen LogP contribution in [0.1, 0.15) is 23.6 Å². The summed E-state index contributed by atoms with van der Waals surface area (Å²) in [4.78, 5) is 15.9. The minimum atomic E-state index is 0.549. The van der Waals surface area contributed by atoms with Crippen LogP contribution in [0.3, 0.4) is 0 Å². The van der Waals surface area contributed by atoms with Crippen molar-refractivity contribution >= 4 is 71.2 Å². The number of aryl methyl sites for hydroxylation is 1. The smallest absolute Gasteiger partial charge is 0.167 e. The normalized spacial score (nSPS) is 13.1. The van der Waals surface area contributed by atoms with Gasteiger partial charge in [-0.05, 0) is 65.6 Å². The minimum absolute atomic E-state index is 0.549. The largest absolute Gasteiger partial charge is 0.456 e. The molecule has 6 nitrogen and oxygen atoms in total. The molecule has 1 aliphatic carbocycles. The van der Waals surface area contributed by atoms with Crippen LogP contribution in [0.25, 0.3) is 105 Å². The molecule has 12 rings (SSSR count). The molecular formula is C49H29N3O3. The minimum Gasteiger partial charge on any atom is -0.456 e. The lowest BCUT2D eigenvalue weighted by molar-refractivity contribution is 0.590. The quantitative estimate of drug-likeness (QED) is 0.181. The number of furan rings is 3. The highest BCUT2D eigenvalue weighted by Gasteiger charge is 2.26. The van der Waals surface area contributed by atoms with E-state index in [1.54, 1.807) is 0 Å². The summed E-state index contributed by atoms with van der Waals surface area (Å²) in [5.74, 6) is 2.52. The summed E-state index contributed by atoms with van der Waals surface area (Å²) >= 11 is 0. The second-order valence-corrected chi connectivity index (χ2v) is 14.2. The third-order valence-electron chi connectivity index (χ3n) is 11.0. The van der Waals surface area contributed by atoms with Crippen molar-refractivity contribution in [3.63, 3.8) is 0 Å². The van der Waals surface area contributed by atoms with Crippen molar-refractivity contribution in [2.45, 2.75) is 12.8 Å². The van der Waals surface area contributed by atoms with Crippen molar-refractivity contribution in [3.05, 3.63) is 169 Å². The first-order chi connectivity index (χ1) is 27.2. The summed E-state index contributed by atoms with van der Waals surface area (Å²) in [5.41, 5.74) is 9.79. The van der Waals surface area contributed by atoms with Crippen molar-refractivity contribution in [1.29, 1.82) is 0 Å². The molecule has 0 radical (unpaired) electrons. The Labute approximate surface area is 314 Å². The molecule has 6 heteroatoms. The Morgan fingerprint density at radius 1 is 0.436 bits per heavy atom. The fraction of sp³-hybridized carbons (Fsp3) is 0.0408. The summed E-state index contributed by atoms with van der Waals surface area (Å²) in [6.45, 7) is 0. The number of fused-ring (bicyclic) bond motifs is 10. The summed E-state index contributed by atoms with van der Waals surface area (Å²) in [6.07, 6.45) is 3.95. The van der Waals surface area contributed by atoms with Gasteiger partial charge in [-0.25, -0.2) is 15.0 Å². The van der Waals surface area contributed by atoms with Crippen LogP contribution in [0.15, 0.2) is 165 Å². The summed E-state index contributed by atoms with van der Waals surface area (Å²) < 4.78 is 19.7. The predicted octanol–water partition coefficient (Wildman–Crippen LogP) is 12.9. The lowest BCUT2D eigenvalue weighted by Gasteiger charge is -2.15. The van der Waals surface area contributed by atoms with E-state index in [2.05, 4.69) is 103 Å². The van der Waals surface area contributed by atoms with Gasteiger partial charge in [0.25, 0.3) is 0 Å². The molecule has 4 aromatic heterocycles. The van der Waals surface area contributed by atoms with E-state index in [9.17, 15) is 0 Å². The maximum absolute atomic E-state index is 6.61. The molecule has 7 aromatic carbocycles. The van der Waals surface area contributed by atoms with Crippen LogP contribution in [0.4, 0.5) is 0 Å². The molecule has 0 atom stereocenters. The summed E-state index contributed by atoms with van der Waals surface area (Å²) in [5, 5.41) is 7.48. The lowest BCUT2D eigenvalue weighted by atomic mass is 9.94. The number of hydrogen-bond acceptors (Lipinski definition) is 6. The van der Waals surface area contributed by atoms with E-state index in [-0.39, 0.29) is 0 Å². The topological polar surface area (TPSA) is 78.1 Å². The molecule has 0 bridgehead atoms. The Morgan fingerprint density at radius 3 is 2.00 bits per heavy atom. The molecule has 0 fully saturated rings. The SMILES string of the molecule is C1=C(c2nc(-c3ccc4ccccc4c3)nc(-c3cc(-c4cccc5c4oc4ccccc45)cc4oc5ccccc5c34)n2)c2oc3ccccc3c2CC1. The zero-order valence-corrected chi connectivity index (χ0v) is 29.4. The number of nitrogens with zero attached hydrogens (tertiary/aromatic N) is 3. The van der Waals surface area contributed by atoms with Gasteiger partial charge in [0.1, 0.15) is 33.7 Å². The van der Waals surface area contributed by atoms with Gasteiger partial charge >= 0.3 is 0 Å². The first-order valence-electron chi connectivity index (χ1n) is 18.6. The Hall–Kier alpha value is -7.31. The standard InChI is InChI=1S/C49H29N3O3/c1-2-12-29-25-30(24-23-28(29)11-1)47-50-48(38-19-10-18-36-34-14-4-7-21-41(34)55-46(36)38)52-49(51-47)39-26-31(27-43-44(39)37-15-5-8-22-42(37)53-43)32-16-9-17-35-33-13-3-6-20-40(33)54-45(32)35/h1-9,11-17,19-27H,10,18H2. The highest BCUT2D eigenvalue weighted by Crippen LogP contribution is 2.43. The van der Waals surface area contributed by atoms with Gasteiger partial charge in [-0.15, -0.1) is 0 Å². The zero-order valence-electron chi connectivity index (χ0n) is 29.4. The van der Waals surface area contributed by atoms with Gasteiger partial charge in [0.05, 0.1) is 5.57 Å². The van der Waals surface area contributed by atoms with Gasteiger partial charge in [-0.1, -0.05) is 115 Å². The zero-order chi connectivity index (χ0) is 36.0. The van der Waals surface area contributed by atoms with Gasteiger partial charge in [0.2, 0.25) is 0 Å². The van der Waals surface area contributed by atoms with Crippen molar-refractivity contribution in [2.24, 2.45) is 0 Å². The Balaban J connectivity index is 1.15. The number of rotatable bonds is 4. The van der Waals surface area contributed by atoms with Gasteiger partial charge in [0.15, 0.2) is 17.5 Å². The maximum Gasteiger partial charge on any atom is 0.167 e. The fourth-order valence-corrected chi connectivity index (χ4v) is 8.45. The number of hydrogen-bond donors (Lipinski definition) is 0. The average molecular weight is 708 g/mol. The number of aromatic nitrogens is 3. The summed E-state index contributed by atoms with van der Waals surface area (Å²) in [7, 11) is 0. The third-order valence-corrected chi connectivity index (χ3v) is 11.0. The van der Waals surface area contributed by atoms with Crippen molar-refractivity contribution in [3.8, 4) is 33.9 Å². The number of allylic oxidation sites excluding steroid dienone is 1. The van der Waals surface area contributed by atoms with Crippen molar-refractivity contribution < 1.29 is 13.3 Å². The fourth-order valence-electron chi connectivity index (χ4n) is 8.45. The molecule has 0 spiro atoms. The van der Waals surface area contributed by atoms with Crippen LogP contribution in [0.5, 0.6) is 0 Å². The van der Waals surface area contributed by atoms with Crippen LogP contribution >= 0.6 is 0 Å². The van der Waals surface area contributed by atoms with Crippen molar-refractivity contribution in [2.75, 3.05) is 0 Å². The first kappa shape index (κ1) is 30.2. The molecule has 0 saturated heterocycles. The third kappa shape index (κ3) is 4.64. The van der Waals surface area contributed by atoms with E-state index >= 15 is 0 Å². The van der Waals surface area contributed by atoms with E-state index in [0.29, 0.717) is 17.5 Å². The number of benzene rings is 7. The summed E-state index contributed by atoms with van der Waals surface area (Å²) in [6, 6.07) is 49.9. The molecule has 0 N–H and O–H groups in total. The van der Waals surface area contributed by atoms with Crippen LogP contribution in [-0.2, 0) is 6.42 Å². The van der Waals surface area contributed by atoms with Crippen LogP contribution in [-0.4, -0.2) is 15.0 Å². The van der Waals surface area contributed by atoms with E-state index in [1.807, 2.05) is 48.5 Å². The van der Waals surface area contributed by atoms with Crippen molar-refractivity contribution in [1.82, 2.24) is 15.0 Å². The Bertz CT molecular complexity index is 3400. The van der Waals surface area contributed by atoms with Gasteiger partial charge in [0, 0.05) is 49.2 Å². The second-order valence-electron chi connectivity index (χ2n) is 14.2. The molecule has 0 amide bonds. The van der Waals surface area contributed by atoms with Gasteiger partial charge in [-0.2, -0.15) is 0 Å². The molecule has 1 aliphatic rings. The van der Waals surface area contributed by atoms with E-state index in [1.165, 1.54) is 5.56 Å². The number of para-hydroxylation sites is 4. The van der Waals surface area contributed by atoms with Crippen LogP contribution in [0.2, 0.25) is 0 Å². The maximum atomic E-state index is 6.61. The van der Waals surface area contributed by atoms with Gasteiger partial charge in [-0.3, -0.25) is 0 Å². The van der Waals surface area contributed by atoms with Gasteiger partial charge < -0.3 is 13.3 Å². The van der Waals surface area contributed by atoms with E-state index in [0.717, 1.165) is 112 Å². The molecule has 258 valence electrons. The molecular weight excluding hydrogens is 679 g/mol. The Kier molecular flexibility index (Phi) is 6.36. The molecule has 11 aromatic rings. The Morgan fingerprint density at radius 2 is 1.13 bits per heavy atom. The predicted molar refractivity (Wildman–Crippen MR) is 220 cm³/mol. The highest BCUT2D eigenvalue weighted by molar-refractivity contribution is 6.15. The average Bonchev–Trinajstić information content (AvgIpc) is 3.94. The second kappa shape index (κ2) is 11.6. The molecule has 0 saturated carbocycles. The lowest BCUT2D eigenvalue weighted by Crippen LogP contribution is -2.06. The van der Waals surface area contributed by atoms with Crippen LogP contribution in [0, 0.1) is 0 Å². The molecule has 0 aliphatic heterocycles. The monoisotopic (exact) mass is 707 g/mol.